The Balaban J connectivity index is 2.06. The van der Waals surface area contributed by atoms with E-state index in [1.54, 1.807) is 30.5 Å². The molecule has 1 amide bonds. The molecule has 4 nitrogen and oxygen atoms in total. The molecule has 0 aliphatic heterocycles. The molecule has 0 aliphatic carbocycles. The van der Waals surface area contributed by atoms with Gasteiger partial charge in [0.25, 0.3) is 5.91 Å². The first-order valence-electron chi connectivity index (χ1n) is 7.75. The number of aromatic nitrogens is 1. The van der Waals surface area contributed by atoms with Crippen molar-refractivity contribution in [2.75, 3.05) is 6.61 Å². The van der Waals surface area contributed by atoms with Crippen LogP contribution in [0, 0.1) is 11.7 Å². The summed E-state index contributed by atoms with van der Waals surface area (Å²) in [5, 5.41) is 12.7. The number of pyridine rings is 1. The van der Waals surface area contributed by atoms with Gasteiger partial charge >= 0.3 is 0 Å². The topological polar surface area (TPSA) is 62.2 Å². The Morgan fingerprint density at radius 3 is 2.67 bits per heavy atom. The van der Waals surface area contributed by atoms with Crippen LogP contribution in [0.5, 0.6) is 0 Å². The highest BCUT2D eigenvalue weighted by atomic mass is 32.2. The molecule has 2 unspecified atom stereocenters. The molecule has 2 aromatic rings. The summed E-state index contributed by atoms with van der Waals surface area (Å²) in [4.78, 5) is 16.7. The zero-order valence-electron chi connectivity index (χ0n) is 13.7. The summed E-state index contributed by atoms with van der Waals surface area (Å²) in [6, 6.07) is 9.58. The number of nitrogens with zero attached hydrogens (tertiary/aromatic N) is 1. The molecule has 6 heteroatoms. The molecular weight excluding hydrogens is 327 g/mol. The lowest BCUT2D eigenvalue weighted by atomic mass is 10.0. The molecule has 0 spiro atoms. The minimum absolute atomic E-state index is 0.0145. The van der Waals surface area contributed by atoms with Crippen LogP contribution in [0.4, 0.5) is 4.39 Å². The van der Waals surface area contributed by atoms with E-state index < -0.39 is 0 Å². The fraction of sp³-hybridized carbons (Fsp3) is 0.333. The van der Waals surface area contributed by atoms with E-state index in [2.05, 4.69) is 10.3 Å². The summed E-state index contributed by atoms with van der Waals surface area (Å²) in [6.07, 6.45) is 1.64. The smallest absolute Gasteiger partial charge is 0.254 e. The van der Waals surface area contributed by atoms with Crippen LogP contribution in [0.15, 0.2) is 47.6 Å². The molecule has 2 N–H and O–H groups in total. The number of carbonyl (C=O) groups excluding carboxylic acids is 1. The van der Waals surface area contributed by atoms with E-state index in [9.17, 15) is 14.3 Å². The predicted molar refractivity (Wildman–Crippen MR) is 93.4 cm³/mol. The summed E-state index contributed by atoms with van der Waals surface area (Å²) in [5.41, 5.74) is 1.46. The highest BCUT2D eigenvalue weighted by Gasteiger charge is 2.18. The Labute approximate surface area is 145 Å². The molecule has 0 radical (unpaired) electrons. The van der Waals surface area contributed by atoms with E-state index >= 15 is 0 Å². The molecule has 1 aromatic heterocycles. The van der Waals surface area contributed by atoms with Gasteiger partial charge in [-0.15, -0.1) is 11.8 Å². The highest BCUT2D eigenvalue weighted by molar-refractivity contribution is 7.98. The molecule has 0 saturated carbocycles. The van der Waals surface area contributed by atoms with Crippen molar-refractivity contribution in [3.63, 3.8) is 0 Å². The molecule has 2 atom stereocenters. The minimum Gasteiger partial charge on any atom is -0.396 e. The summed E-state index contributed by atoms with van der Waals surface area (Å²) >= 11 is 1.43. The molecule has 128 valence electrons. The largest absolute Gasteiger partial charge is 0.396 e. The lowest BCUT2D eigenvalue weighted by molar-refractivity contribution is 0.0912. The van der Waals surface area contributed by atoms with Crippen LogP contribution in [0.25, 0.3) is 0 Å². The summed E-state index contributed by atoms with van der Waals surface area (Å²) in [5.74, 6) is 0.0901. The number of aliphatic hydroxyl groups is 1. The third-order valence-corrected chi connectivity index (χ3v) is 4.88. The number of aliphatic hydroxyl groups excluding tert-OH is 1. The van der Waals surface area contributed by atoms with Crippen molar-refractivity contribution < 1.29 is 14.3 Å². The van der Waals surface area contributed by atoms with Gasteiger partial charge in [0.2, 0.25) is 0 Å². The van der Waals surface area contributed by atoms with Gasteiger partial charge in [-0.1, -0.05) is 19.1 Å². The second-order valence-electron chi connectivity index (χ2n) is 5.69. The van der Waals surface area contributed by atoms with Gasteiger partial charge in [0.15, 0.2) is 0 Å². The van der Waals surface area contributed by atoms with Crippen LogP contribution in [-0.4, -0.2) is 28.6 Å². The number of thioether (sulfide) groups is 1. The lowest BCUT2D eigenvalue weighted by Gasteiger charge is -2.19. The minimum atomic E-state index is -0.270. The van der Waals surface area contributed by atoms with Gasteiger partial charge in [0.1, 0.15) is 10.8 Å². The third kappa shape index (κ3) is 5.04. The quantitative estimate of drug-likeness (QED) is 0.754. The zero-order chi connectivity index (χ0) is 17.5. The van der Waals surface area contributed by atoms with Gasteiger partial charge in [0.05, 0.1) is 5.56 Å². The number of hydrogen-bond acceptors (Lipinski definition) is 4. The Bertz CT molecular complexity index is 679. The van der Waals surface area contributed by atoms with E-state index in [0.29, 0.717) is 16.3 Å². The Morgan fingerprint density at radius 1 is 1.29 bits per heavy atom. The molecule has 24 heavy (non-hydrogen) atoms. The number of halogens is 1. The summed E-state index contributed by atoms with van der Waals surface area (Å²) < 4.78 is 12.9. The maximum Gasteiger partial charge on any atom is 0.254 e. The van der Waals surface area contributed by atoms with Gasteiger partial charge in [0, 0.05) is 24.6 Å². The average Bonchev–Trinajstić information content (AvgIpc) is 2.60. The second-order valence-corrected chi connectivity index (χ2v) is 6.66. The Kier molecular flexibility index (Phi) is 6.75. The van der Waals surface area contributed by atoms with Crippen LogP contribution in [0.3, 0.4) is 0 Å². The molecule has 0 fully saturated rings. The lowest BCUT2D eigenvalue weighted by Crippen LogP contribution is -2.38. The maximum atomic E-state index is 12.9. The molecule has 2 rings (SSSR count). The standard InChI is InChI=1S/C18H21FN2O2S/c1-12(10-22)13(2)21-17(23)16-4-3-9-20-18(16)24-11-14-5-7-15(19)8-6-14/h3-9,12-13,22H,10-11H2,1-2H3,(H,21,23). The Hall–Kier alpha value is -1.92. The molecule has 0 aliphatic rings. The van der Waals surface area contributed by atoms with Crippen LogP contribution >= 0.6 is 11.8 Å². The average molecular weight is 348 g/mol. The van der Waals surface area contributed by atoms with E-state index in [1.807, 2.05) is 13.8 Å². The number of carbonyl (C=O) groups is 1. The number of rotatable bonds is 7. The predicted octanol–water partition coefficient (Wildman–Crippen LogP) is 3.26. The number of nitrogens with one attached hydrogen (secondary N) is 1. The molecule has 1 aromatic carbocycles. The second kappa shape index (κ2) is 8.80. The highest BCUT2D eigenvalue weighted by Crippen LogP contribution is 2.24. The van der Waals surface area contributed by atoms with Crippen molar-refractivity contribution in [3.8, 4) is 0 Å². The van der Waals surface area contributed by atoms with E-state index in [0.717, 1.165) is 5.56 Å². The van der Waals surface area contributed by atoms with Gasteiger partial charge in [-0.2, -0.15) is 0 Å². The van der Waals surface area contributed by atoms with Crippen LogP contribution in [0.1, 0.15) is 29.8 Å². The van der Waals surface area contributed by atoms with Gasteiger partial charge < -0.3 is 10.4 Å². The molecule has 0 saturated heterocycles. The number of benzene rings is 1. The Morgan fingerprint density at radius 2 is 2.00 bits per heavy atom. The maximum absolute atomic E-state index is 12.9. The molecule has 0 bridgehead atoms. The van der Waals surface area contributed by atoms with Crippen LogP contribution in [0.2, 0.25) is 0 Å². The van der Waals surface area contributed by atoms with Crippen LogP contribution in [-0.2, 0) is 5.75 Å². The first kappa shape index (κ1) is 18.4. The van der Waals surface area contributed by atoms with Gasteiger partial charge in [-0.05, 0) is 42.7 Å². The van der Waals surface area contributed by atoms with Crippen molar-refractivity contribution in [1.82, 2.24) is 10.3 Å². The van der Waals surface area contributed by atoms with Crippen molar-refractivity contribution in [3.05, 3.63) is 59.5 Å². The number of amides is 1. The number of hydrogen-bond donors (Lipinski definition) is 2. The fourth-order valence-electron chi connectivity index (χ4n) is 2.00. The normalized spacial score (nSPS) is 13.3. The van der Waals surface area contributed by atoms with Crippen molar-refractivity contribution >= 4 is 17.7 Å². The third-order valence-electron chi connectivity index (χ3n) is 3.80. The van der Waals surface area contributed by atoms with Crippen molar-refractivity contribution in [1.29, 1.82) is 0 Å². The van der Waals surface area contributed by atoms with Gasteiger partial charge in [-0.25, -0.2) is 9.37 Å². The van der Waals surface area contributed by atoms with E-state index in [4.69, 9.17) is 0 Å². The fourth-order valence-corrected chi connectivity index (χ4v) is 2.94. The van der Waals surface area contributed by atoms with E-state index in [-0.39, 0.29) is 30.3 Å². The van der Waals surface area contributed by atoms with Crippen LogP contribution < -0.4 is 5.32 Å². The zero-order valence-corrected chi connectivity index (χ0v) is 14.5. The SMILES string of the molecule is CC(CO)C(C)NC(=O)c1cccnc1SCc1ccc(F)cc1. The molecular formula is C18H21FN2O2S. The first-order chi connectivity index (χ1) is 11.5. The monoisotopic (exact) mass is 348 g/mol. The first-order valence-corrected chi connectivity index (χ1v) is 8.73. The molecule has 1 heterocycles. The summed E-state index contributed by atoms with van der Waals surface area (Å²) in [6.45, 7) is 3.75. The van der Waals surface area contributed by atoms with Crippen molar-refractivity contribution in [2.45, 2.75) is 30.7 Å². The van der Waals surface area contributed by atoms with Crippen molar-refractivity contribution in [2.24, 2.45) is 5.92 Å². The van der Waals surface area contributed by atoms with E-state index in [1.165, 1.54) is 23.9 Å². The van der Waals surface area contributed by atoms with Gasteiger partial charge in [-0.3, -0.25) is 4.79 Å². The summed E-state index contributed by atoms with van der Waals surface area (Å²) in [7, 11) is 0.